The van der Waals surface area contributed by atoms with Crippen LogP contribution < -0.4 is 16.0 Å². The van der Waals surface area contributed by atoms with Crippen molar-refractivity contribution in [2.24, 2.45) is 5.92 Å². The van der Waals surface area contributed by atoms with E-state index in [1.807, 2.05) is 6.92 Å². The molecular weight excluding hydrogens is 322 g/mol. The fourth-order valence-electron chi connectivity index (χ4n) is 2.74. The molecule has 0 radical (unpaired) electrons. The predicted molar refractivity (Wildman–Crippen MR) is 92.5 cm³/mol. The number of carbonyl (C=O) groups is 2. The zero-order valence-electron chi connectivity index (χ0n) is 13.9. The van der Waals surface area contributed by atoms with Gasteiger partial charge in [0, 0.05) is 36.8 Å². The van der Waals surface area contributed by atoms with E-state index in [9.17, 15) is 14.7 Å². The number of aliphatic hydroxyl groups excluding tert-OH is 1. The summed E-state index contributed by atoms with van der Waals surface area (Å²) in [5, 5.41) is 18.4. The Hall–Kier alpha value is -2.64. The highest BCUT2D eigenvalue weighted by molar-refractivity contribution is 6.03. The predicted octanol–water partition coefficient (Wildman–Crippen LogP) is 1.15. The first-order valence-electron chi connectivity index (χ1n) is 8.17. The number of furan rings is 1. The van der Waals surface area contributed by atoms with Gasteiger partial charge in [-0.05, 0) is 36.8 Å². The highest BCUT2D eigenvalue weighted by atomic mass is 16.3. The number of aliphatic hydroxyl groups is 1. The molecular formula is C18H21N3O4. The molecule has 7 heteroatoms. The largest absolute Gasteiger partial charge is 0.459 e. The molecule has 132 valence electrons. The van der Waals surface area contributed by atoms with E-state index < -0.39 is 6.10 Å². The van der Waals surface area contributed by atoms with Gasteiger partial charge in [0.2, 0.25) is 0 Å². The van der Waals surface area contributed by atoms with Crippen LogP contribution in [0.25, 0.3) is 0 Å². The molecule has 0 bridgehead atoms. The van der Waals surface area contributed by atoms with Crippen LogP contribution in [0.3, 0.4) is 0 Å². The number of aryl methyl sites for hydroxylation is 1. The second-order valence-electron chi connectivity index (χ2n) is 6.16. The van der Waals surface area contributed by atoms with Crippen LogP contribution in [0.15, 0.2) is 41.0 Å². The Kier molecular flexibility index (Phi) is 5.16. The maximum atomic E-state index is 12.3. The van der Waals surface area contributed by atoms with Gasteiger partial charge in [-0.2, -0.15) is 0 Å². The molecule has 0 saturated carbocycles. The molecule has 1 saturated heterocycles. The number of carbonyl (C=O) groups excluding carboxylic acids is 2. The molecule has 1 aromatic carbocycles. The van der Waals surface area contributed by atoms with E-state index in [2.05, 4.69) is 16.0 Å². The molecule has 2 atom stereocenters. The Morgan fingerprint density at radius 2 is 2.12 bits per heavy atom. The molecule has 1 aliphatic rings. The van der Waals surface area contributed by atoms with Crippen molar-refractivity contribution in [3.8, 4) is 0 Å². The zero-order valence-corrected chi connectivity index (χ0v) is 13.9. The summed E-state index contributed by atoms with van der Waals surface area (Å²) < 4.78 is 5.07. The molecule has 1 fully saturated rings. The smallest absolute Gasteiger partial charge is 0.291 e. The Morgan fingerprint density at radius 1 is 1.28 bits per heavy atom. The molecule has 0 aliphatic carbocycles. The van der Waals surface area contributed by atoms with Crippen molar-refractivity contribution in [2.75, 3.05) is 25.0 Å². The molecule has 1 aromatic heterocycles. The van der Waals surface area contributed by atoms with Gasteiger partial charge in [-0.3, -0.25) is 9.59 Å². The van der Waals surface area contributed by atoms with Crippen molar-refractivity contribution in [3.63, 3.8) is 0 Å². The molecule has 0 spiro atoms. The molecule has 2 heterocycles. The lowest BCUT2D eigenvalue weighted by Crippen LogP contribution is -2.34. The van der Waals surface area contributed by atoms with Crippen LogP contribution in [0, 0.1) is 12.8 Å². The standard InChI is InChI=1S/C18H21N3O4/c1-11-4-5-12(17(23)20-9-13-8-19-10-15(13)22)7-14(11)21-18(24)16-3-2-6-25-16/h2-7,13,15,19,22H,8-10H2,1H3,(H,20,23)(H,21,24). The summed E-state index contributed by atoms with van der Waals surface area (Å²) in [6.07, 6.45) is 0.985. The SMILES string of the molecule is Cc1ccc(C(=O)NCC2CNCC2O)cc1NC(=O)c1ccco1. The van der Waals surface area contributed by atoms with Crippen molar-refractivity contribution in [2.45, 2.75) is 13.0 Å². The van der Waals surface area contributed by atoms with Gasteiger partial charge in [-0.15, -0.1) is 0 Å². The monoisotopic (exact) mass is 343 g/mol. The summed E-state index contributed by atoms with van der Waals surface area (Å²) in [7, 11) is 0. The number of rotatable bonds is 5. The summed E-state index contributed by atoms with van der Waals surface area (Å²) in [5.74, 6) is -0.400. The Bertz CT molecular complexity index is 758. The normalized spacial score (nSPS) is 19.6. The van der Waals surface area contributed by atoms with Crippen molar-refractivity contribution in [1.29, 1.82) is 0 Å². The molecule has 25 heavy (non-hydrogen) atoms. The van der Waals surface area contributed by atoms with E-state index in [4.69, 9.17) is 4.42 Å². The maximum Gasteiger partial charge on any atom is 0.291 e. The third-order valence-corrected chi connectivity index (χ3v) is 4.32. The molecule has 2 aromatic rings. The molecule has 2 amide bonds. The topological polar surface area (TPSA) is 104 Å². The third-order valence-electron chi connectivity index (χ3n) is 4.32. The lowest BCUT2D eigenvalue weighted by molar-refractivity contribution is 0.0925. The minimum Gasteiger partial charge on any atom is -0.459 e. The average molecular weight is 343 g/mol. The average Bonchev–Trinajstić information content (AvgIpc) is 3.26. The third kappa shape index (κ3) is 4.07. The molecule has 4 N–H and O–H groups in total. The van der Waals surface area contributed by atoms with Gasteiger partial charge in [0.05, 0.1) is 12.4 Å². The van der Waals surface area contributed by atoms with E-state index >= 15 is 0 Å². The highest BCUT2D eigenvalue weighted by Gasteiger charge is 2.25. The fraction of sp³-hybridized carbons (Fsp3) is 0.333. The Balaban J connectivity index is 1.66. The van der Waals surface area contributed by atoms with Crippen LogP contribution in [0.5, 0.6) is 0 Å². The summed E-state index contributed by atoms with van der Waals surface area (Å²) >= 11 is 0. The maximum absolute atomic E-state index is 12.3. The second-order valence-corrected chi connectivity index (χ2v) is 6.16. The first kappa shape index (κ1) is 17.2. The molecule has 1 aliphatic heterocycles. The van der Waals surface area contributed by atoms with Crippen LogP contribution in [-0.2, 0) is 0 Å². The first-order valence-corrected chi connectivity index (χ1v) is 8.17. The quantitative estimate of drug-likeness (QED) is 0.652. The van der Waals surface area contributed by atoms with Crippen molar-refractivity contribution in [1.82, 2.24) is 10.6 Å². The highest BCUT2D eigenvalue weighted by Crippen LogP contribution is 2.18. The van der Waals surface area contributed by atoms with E-state index in [0.717, 1.165) is 5.56 Å². The number of amides is 2. The van der Waals surface area contributed by atoms with Gasteiger partial charge in [0.1, 0.15) is 0 Å². The van der Waals surface area contributed by atoms with Gasteiger partial charge in [-0.25, -0.2) is 0 Å². The van der Waals surface area contributed by atoms with Gasteiger partial charge >= 0.3 is 0 Å². The van der Waals surface area contributed by atoms with Gasteiger partial charge in [0.25, 0.3) is 11.8 Å². The van der Waals surface area contributed by atoms with Gasteiger partial charge in [0.15, 0.2) is 5.76 Å². The van der Waals surface area contributed by atoms with Crippen LogP contribution in [-0.4, -0.2) is 42.7 Å². The van der Waals surface area contributed by atoms with Crippen LogP contribution in [0.2, 0.25) is 0 Å². The number of anilines is 1. The number of hydrogen-bond acceptors (Lipinski definition) is 5. The number of β-amino-alcohol motifs (C(OH)–C–C–N with tert-alkyl or cyclic N) is 1. The fourth-order valence-corrected chi connectivity index (χ4v) is 2.74. The van der Waals surface area contributed by atoms with E-state index in [-0.39, 0.29) is 23.5 Å². The van der Waals surface area contributed by atoms with Crippen molar-refractivity contribution >= 4 is 17.5 Å². The lowest BCUT2D eigenvalue weighted by Gasteiger charge is -2.15. The van der Waals surface area contributed by atoms with Crippen LogP contribution in [0.1, 0.15) is 26.5 Å². The minimum absolute atomic E-state index is 0.00697. The lowest BCUT2D eigenvalue weighted by atomic mass is 10.1. The molecule has 7 nitrogen and oxygen atoms in total. The summed E-state index contributed by atoms with van der Waals surface area (Å²) in [4.78, 5) is 24.4. The van der Waals surface area contributed by atoms with Crippen molar-refractivity contribution in [3.05, 3.63) is 53.5 Å². The van der Waals surface area contributed by atoms with E-state index in [1.165, 1.54) is 6.26 Å². The summed E-state index contributed by atoms with van der Waals surface area (Å²) in [5.41, 5.74) is 1.84. The van der Waals surface area contributed by atoms with Gasteiger partial charge < -0.3 is 25.5 Å². The Labute approximate surface area is 145 Å². The van der Waals surface area contributed by atoms with Crippen molar-refractivity contribution < 1.29 is 19.1 Å². The Morgan fingerprint density at radius 3 is 2.80 bits per heavy atom. The number of benzene rings is 1. The number of nitrogens with one attached hydrogen (secondary N) is 3. The van der Waals surface area contributed by atoms with E-state index in [1.54, 1.807) is 30.3 Å². The summed E-state index contributed by atoms with van der Waals surface area (Å²) in [6.45, 7) is 3.47. The minimum atomic E-state index is -0.443. The summed E-state index contributed by atoms with van der Waals surface area (Å²) in [6, 6.07) is 8.32. The number of hydrogen-bond donors (Lipinski definition) is 4. The van der Waals surface area contributed by atoms with Gasteiger partial charge in [-0.1, -0.05) is 6.07 Å². The second kappa shape index (κ2) is 7.50. The molecule has 2 unspecified atom stereocenters. The first-order chi connectivity index (χ1) is 12.0. The molecule has 3 rings (SSSR count). The zero-order chi connectivity index (χ0) is 17.8. The van der Waals surface area contributed by atoms with Crippen LogP contribution in [0.4, 0.5) is 5.69 Å². The van der Waals surface area contributed by atoms with Crippen LogP contribution >= 0.6 is 0 Å². The van der Waals surface area contributed by atoms with E-state index in [0.29, 0.717) is 30.9 Å².